The van der Waals surface area contributed by atoms with Gasteiger partial charge in [-0.2, -0.15) is 0 Å². The zero-order valence-corrected chi connectivity index (χ0v) is 12.9. The van der Waals surface area contributed by atoms with Crippen molar-refractivity contribution in [3.8, 4) is 0 Å². The maximum absolute atomic E-state index is 12.2. The number of piperidine rings is 1. The van der Waals surface area contributed by atoms with Gasteiger partial charge in [0, 0.05) is 43.2 Å². The molecule has 23 heavy (non-hydrogen) atoms. The van der Waals surface area contributed by atoms with Crippen LogP contribution in [-0.4, -0.2) is 23.3 Å². The zero-order chi connectivity index (χ0) is 16.1. The SMILES string of the molecule is O=C(NCc1ccncc1)c1ccc(N2CCCCC2=O)cc1. The standard InChI is InChI=1S/C18H19N3O2/c22-17-3-1-2-12-21(17)16-6-4-15(5-7-16)18(23)20-13-14-8-10-19-11-9-14/h4-11H,1-3,12-13H2,(H,20,23). The third-order valence-corrected chi connectivity index (χ3v) is 3.97. The summed E-state index contributed by atoms with van der Waals surface area (Å²) in [4.78, 5) is 29.8. The first-order chi connectivity index (χ1) is 11.2. The minimum atomic E-state index is -0.127. The molecule has 1 fully saturated rings. The first kappa shape index (κ1) is 15.2. The molecule has 0 radical (unpaired) electrons. The fourth-order valence-corrected chi connectivity index (χ4v) is 2.66. The number of hydrogen-bond acceptors (Lipinski definition) is 3. The van der Waals surface area contributed by atoms with E-state index < -0.39 is 0 Å². The molecule has 0 bridgehead atoms. The summed E-state index contributed by atoms with van der Waals surface area (Å²) in [6.07, 6.45) is 6.00. The second-order valence-corrected chi connectivity index (χ2v) is 5.59. The average molecular weight is 309 g/mol. The molecule has 2 amide bonds. The highest BCUT2D eigenvalue weighted by Gasteiger charge is 2.19. The monoisotopic (exact) mass is 309 g/mol. The molecule has 0 unspecified atom stereocenters. The Kier molecular flexibility index (Phi) is 4.66. The molecule has 0 aliphatic carbocycles. The lowest BCUT2D eigenvalue weighted by atomic mass is 10.1. The molecule has 1 saturated heterocycles. The van der Waals surface area contributed by atoms with Gasteiger partial charge in [-0.15, -0.1) is 0 Å². The average Bonchev–Trinajstić information content (AvgIpc) is 2.61. The maximum Gasteiger partial charge on any atom is 0.251 e. The van der Waals surface area contributed by atoms with Crippen molar-refractivity contribution in [2.75, 3.05) is 11.4 Å². The second-order valence-electron chi connectivity index (χ2n) is 5.59. The van der Waals surface area contributed by atoms with Crippen LogP contribution in [0.15, 0.2) is 48.8 Å². The van der Waals surface area contributed by atoms with Gasteiger partial charge in [-0.25, -0.2) is 0 Å². The molecule has 0 atom stereocenters. The highest BCUT2D eigenvalue weighted by molar-refractivity contribution is 5.96. The molecule has 2 heterocycles. The number of anilines is 1. The summed E-state index contributed by atoms with van der Waals surface area (Å²) >= 11 is 0. The van der Waals surface area contributed by atoms with Crippen LogP contribution in [0.1, 0.15) is 35.2 Å². The Labute approximate surface area is 135 Å². The van der Waals surface area contributed by atoms with E-state index in [4.69, 9.17) is 0 Å². The highest BCUT2D eigenvalue weighted by Crippen LogP contribution is 2.21. The molecule has 5 nitrogen and oxygen atoms in total. The van der Waals surface area contributed by atoms with Gasteiger partial charge >= 0.3 is 0 Å². The topological polar surface area (TPSA) is 62.3 Å². The molecular formula is C18H19N3O2. The van der Waals surface area contributed by atoms with Crippen LogP contribution < -0.4 is 10.2 Å². The van der Waals surface area contributed by atoms with Gasteiger partial charge in [0.15, 0.2) is 0 Å². The van der Waals surface area contributed by atoms with Gasteiger partial charge in [0.05, 0.1) is 0 Å². The van der Waals surface area contributed by atoms with E-state index in [1.54, 1.807) is 29.4 Å². The Morgan fingerprint density at radius 3 is 2.52 bits per heavy atom. The fraction of sp³-hybridized carbons (Fsp3) is 0.278. The summed E-state index contributed by atoms with van der Waals surface area (Å²) in [5, 5.41) is 2.88. The van der Waals surface area contributed by atoms with Gasteiger partial charge in [-0.3, -0.25) is 14.6 Å². The highest BCUT2D eigenvalue weighted by atomic mass is 16.2. The number of benzene rings is 1. The molecule has 2 aromatic rings. The quantitative estimate of drug-likeness (QED) is 0.944. The molecule has 1 aliphatic heterocycles. The number of rotatable bonds is 4. The van der Waals surface area contributed by atoms with Gasteiger partial charge in [0.25, 0.3) is 5.91 Å². The lowest BCUT2D eigenvalue weighted by Crippen LogP contribution is -2.35. The van der Waals surface area contributed by atoms with Crippen LogP contribution in [0.3, 0.4) is 0 Å². The summed E-state index contributed by atoms with van der Waals surface area (Å²) in [5.74, 6) is 0.0319. The van der Waals surface area contributed by atoms with Crippen molar-refractivity contribution < 1.29 is 9.59 Å². The number of nitrogens with zero attached hydrogens (tertiary/aromatic N) is 2. The number of carbonyl (C=O) groups excluding carboxylic acids is 2. The van der Waals surface area contributed by atoms with E-state index in [0.717, 1.165) is 30.6 Å². The largest absolute Gasteiger partial charge is 0.348 e. The molecule has 5 heteroatoms. The summed E-state index contributed by atoms with van der Waals surface area (Å²) in [5.41, 5.74) is 2.46. The molecule has 1 N–H and O–H groups in total. The number of pyridine rings is 1. The lowest BCUT2D eigenvalue weighted by molar-refractivity contribution is -0.119. The third kappa shape index (κ3) is 3.74. The van der Waals surface area contributed by atoms with E-state index >= 15 is 0 Å². The Morgan fingerprint density at radius 2 is 1.83 bits per heavy atom. The Bertz CT molecular complexity index is 683. The summed E-state index contributed by atoms with van der Waals surface area (Å²) in [7, 11) is 0. The van der Waals surface area contributed by atoms with Crippen LogP contribution in [0, 0.1) is 0 Å². The molecule has 1 aromatic carbocycles. The van der Waals surface area contributed by atoms with Crippen molar-refractivity contribution in [2.24, 2.45) is 0 Å². The Hall–Kier alpha value is -2.69. The lowest BCUT2D eigenvalue weighted by Gasteiger charge is -2.26. The van der Waals surface area contributed by atoms with Crippen LogP contribution >= 0.6 is 0 Å². The minimum Gasteiger partial charge on any atom is -0.348 e. The first-order valence-electron chi connectivity index (χ1n) is 7.81. The van der Waals surface area contributed by atoms with Crippen LogP contribution in [0.4, 0.5) is 5.69 Å². The van der Waals surface area contributed by atoms with Gasteiger partial charge < -0.3 is 10.2 Å². The van der Waals surface area contributed by atoms with Crippen molar-refractivity contribution in [1.29, 1.82) is 0 Å². The van der Waals surface area contributed by atoms with Crippen LogP contribution in [0.5, 0.6) is 0 Å². The first-order valence-corrected chi connectivity index (χ1v) is 7.81. The third-order valence-electron chi connectivity index (χ3n) is 3.97. The van der Waals surface area contributed by atoms with Crippen LogP contribution in [0.2, 0.25) is 0 Å². The van der Waals surface area contributed by atoms with Crippen molar-refractivity contribution in [1.82, 2.24) is 10.3 Å². The second kappa shape index (κ2) is 7.05. The number of carbonyl (C=O) groups is 2. The summed E-state index contributed by atoms with van der Waals surface area (Å²) < 4.78 is 0. The van der Waals surface area contributed by atoms with E-state index in [1.807, 2.05) is 24.3 Å². The van der Waals surface area contributed by atoms with E-state index in [0.29, 0.717) is 18.5 Å². The van der Waals surface area contributed by atoms with Crippen molar-refractivity contribution in [2.45, 2.75) is 25.8 Å². The predicted molar refractivity (Wildman–Crippen MR) is 88.1 cm³/mol. The molecule has 0 saturated carbocycles. The normalized spacial score (nSPS) is 14.6. The minimum absolute atomic E-state index is 0.127. The van der Waals surface area contributed by atoms with E-state index in [1.165, 1.54) is 0 Å². The summed E-state index contributed by atoms with van der Waals surface area (Å²) in [6, 6.07) is 10.9. The molecular weight excluding hydrogens is 290 g/mol. The van der Waals surface area contributed by atoms with Crippen molar-refractivity contribution >= 4 is 17.5 Å². The van der Waals surface area contributed by atoms with E-state index in [9.17, 15) is 9.59 Å². The van der Waals surface area contributed by atoms with Gasteiger partial charge in [0.2, 0.25) is 5.91 Å². The van der Waals surface area contributed by atoms with Gasteiger partial charge in [0.1, 0.15) is 0 Å². The number of amides is 2. The number of aromatic nitrogens is 1. The van der Waals surface area contributed by atoms with Crippen LogP contribution in [-0.2, 0) is 11.3 Å². The molecule has 1 aliphatic rings. The summed E-state index contributed by atoms with van der Waals surface area (Å²) in [6.45, 7) is 1.22. The smallest absolute Gasteiger partial charge is 0.251 e. The fourth-order valence-electron chi connectivity index (χ4n) is 2.66. The zero-order valence-electron chi connectivity index (χ0n) is 12.9. The van der Waals surface area contributed by atoms with Crippen LogP contribution in [0.25, 0.3) is 0 Å². The number of hydrogen-bond donors (Lipinski definition) is 1. The molecule has 3 rings (SSSR count). The van der Waals surface area contributed by atoms with Crippen molar-refractivity contribution in [3.05, 3.63) is 59.9 Å². The molecule has 118 valence electrons. The van der Waals surface area contributed by atoms with E-state index in [2.05, 4.69) is 10.3 Å². The van der Waals surface area contributed by atoms with Crippen molar-refractivity contribution in [3.63, 3.8) is 0 Å². The Morgan fingerprint density at radius 1 is 1.09 bits per heavy atom. The molecule has 1 aromatic heterocycles. The molecule has 0 spiro atoms. The number of nitrogens with one attached hydrogen (secondary N) is 1. The maximum atomic E-state index is 12.2. The van der Waals surface area contributed by atoms with Gasteiger partial charge in [-0.05, 0) is 54.8 Å². The van der Waals surface area contributed by atoms with E-state index in [-0.39, 0.29) is 11.8 Å². The predicted octanol–water partition coefficient (Wildman–Crippen LogP) is 2.53. The van der Waals surface area contributed by atoms with Gasteiger partial charge in [-0.1, -0.05) is 0 Å². The Balaban J connectivity index is 1.62.